The number of aromatic nitrogens is 1. The van der Waals surface area contributed by atoms with Crippen molar-refractivity contribution in [2.45, 2.75) is 26.2 Å². The maximum Gasteiger partial charge on any atom is 0.286 e. The first-order chi connectivity index (χ1) is 5.54. The van der Waals surface area contributed by atoms with Gasteiger partial charge in [0.2, 0.25) is 0 Å². The Bertz CT molecular complexity index is 265. The zero-order valence-electron chi connectivity index (χ0n) is 7.14. The van der Waals surface area contributed by atoms with E-state index in [0.29, 0.717) is 0 Å². The third-order valence-corrected chi connectivity index (χ3v) is 1.68. The lowest BCUT2D eigenvalue weighted by Crippen LogP contribution is -2.09. The Morgan fingerprint density at radius 1 is 1.50 bits per heavy atom. The van der Waals surface area contributed by atoms with Gasteiger partial charge in [0.05, 0.1) is 0 Å². The van der Waals surface area contributed by atoms with Gasteiger partial charge in [-0.1, -0.05) is 6.92 Å². The summed E-state index contributed by atoms with van der Waals surface area (Å²) in [4.78, 5) is 3.61. The molecule has 0 spiro atoms. The zero-order chi connectivity index (χ0) is 9.19. The second kappa shape index (κ2) is 3.17. The first-order valence-electron chi connectivity index (χ1n) is 3.87. The van der Waals surface area contributed by atoms with Crippen LogP contribution in [0.5, 0.6) is 0 Å². The normalized spacial score (nSPS) is 11.7. The van der Waals surface area contributed by atoms with Gasteiger partial charge in [0.15, 0.2) is 0 Å². The van der Waals surface area contributed by atoms with Crippen molar-refractivity contribution in [1.82, 2.24) is 4.98 Å². The zero-order valence-corrected chi connectivity index (χ0v) is 7.14. The highest BCUT2D eigenvalue weighted by atomic mass is 19.3. The molecule has 0 bridgehead atoms. The van der Waals surface area contributed by atoms with Crippen LogP contribution in [0.15, 0.2) is 18.3 Å². The van der Waals surface area contributed by atoms with Gasteiger partial charge >= 0.3 is 0 Å². The van der Waals surface area contributed by atoms with Crippen LogP contribution in [0, 0.1) is 0 Å². The van der Waals surface area contributed by atoms with Crippen molar-refractivity contribution in [2.75, 3.05) is 0 Å². The molecule has 1 nitrogen and oxygen atoms in total. The summed E-state index contributed by atoms with van der Waals surface area (Å²) < 4.78 is 25.4. The first kappa shape index (κ1) is 9.10. The van der Waals surface area contributed by atoms with Gasteiger partial charge in [-0.25, -0.2) is 0 Å². The van der Waals surface area contributed by atoms with Crippen molar-refractivity contribution in [3.05, 3.63) is 29.6 Å². The lowest BCUT2D eigenvalue weighted by atomic mass is 10.1. The Morgan fingerprint density at radius 2 is 2.17 bits per heavy atom. The van der Waals surface area contributed by atoms with E-state index >= 15 is 0 Å². The molecule has 0 saturated heterocycles. The maximum atomic E-state index is 12.7. The predicted molar refractivity (Wildman–Crippen MR) is 43.2 cm³/mol. The highest BCUT2D eigenvalue weighted by molar-refractivity contribution is 5.18. The third kappa shape index (κ3) is 2.00. The van der Waals surface area contributed by atoms with Gasteiger partial charge in [-0.15, -0.1) is 0 Å². The van der Waals surface area contributed by atoms with Crippen molar-refractivity contribution in [3.8, 4) is 0 Å². The largest absolute Gasteiger partial charge is 0.286 e. The van der Waals surface area contributed by atoms with E-state index in [0.717, 1.165) is 18.9 Å². The molecule has 12 heavy (non-hydrogen) atoms. The van der Waals surface area contributed by atoms with Gasteiger partial charge < -0.3 is 0 Å². The maximum absolute atomic E-state index is 12.7. The fourth-order valence-electron chi connectivity index (χ4n) is 0.934. The van der Waals surface area contributed by atoms with Crippen LogP contribution in [0.2, 0.25) is 0 Å². The second-order valence-electron chi connectivity index (χ2n) is 2.79. The minimum absolute atomic E-state index is 0.151. The predicted octanol–water partition coefficient (Wildman–Crippen LogP) is 2.76. The number of alkyl halides is 2. The molecule has 0 aliphatic rings. The van der Waals surface area contributed by atoms with Crippen LogP contribution in [0.25, 0.3) is 0 Å². The Hall–Kier alpha value is -0.990. The van der Waals surface area contributed by atoms with E-state index in [1.54, 1.807) is 6.07 Å². The van der Waals surface area contributed by atoms with Crippen LogP contribution in [0.3, 0.4) is 0 Å². The first-order valence-corrected chi connectivity index (χ1v) is 3.87. The molecule has 1 rings (SSSR count). The molecule has 0 aromatic carbocycles. The van der Waals surface area contributed by atoms with Crippen molar-refractivity contribution >= 4 is 0 Å². The molecule has 0 saturated carbocycles. The highest BCUT2D eigenvalue weighted by Crippen LogP contribution is 2.25. The van der Waals surface area contributed by atoms with Crippen LogP contribution in [0.4, 0.5) is 8.78 Å². The number of nitrogens with zero attached hydrogens (tertiary/aromatic N) is 1. The molecule has 0 aliphatic carbocycles. The molecule has 0 fully saturated rings. The Balaban J connectivity index is 3.02. The van der Waals surface area contributed by atoms with Gasteiger partial charge in [0.1, 0.15) is 5.69 Å². The van der Waals surface area contributed by atoms with Crippen LogP contribution in [0.1, 0.15) is 25.1 Å². The minimum atomic E-state index is -2.83. The summed E-state index contributed by atoms with van der Waals surface area (Å²) in [5, 5.41) is 0. The summed E-state index contributed by atoms with van der Waals surface area (Å²) in [6.07, 6.45) is 2.18. The molecule has 0 radical (unpaired) electrons. The van der Waals surface area contributed by atoms with Crippen molar-refractivity contribution in [3.63, 3.8) is 0 Å². The summed E-state index contributed by atoms with van der Waals surface area (Å²) in [5.74, 6) is -2.83. The molecule has 3 heteroatoms. The number of rotatable bonds is 2. The summed E-state index contributed by atoms with van der Waals surface area (Å²) in [6.45, 7) is 2.78. The van der Waals surface area contributed by atoms with Crippen molar-refractivity contribution in [2.24, 2.45) is 0 Å². The molecule has 0 atom stereocenters. The molecule has 1 aromatic heterocycles. The van der Waals surface area contributed by atoms with Crippen molar-refractivity contribution in [1.29, 1.82) is 0 Å². The molecular formula is C9H11F2N. The van der Waals surface area contributed by atoms with Gasteiger partial charge in [-0.3, -0.25) is 4.98 Å². The monoisotopic (exact) mass is 171 g/mol. The lowest BCUT2D eigenvalue weighted by Gasteiger charge is -2.09. The molecule has 0 aliphatic heterocycles. The number of aryl methyl sites for hydroxylation is 1. The standard InChI is InChI=1S/C9H11F2N/c1-3-7-4-5-12-8(6-7)9(2,10)11/h4-6H,3H2,1-2H3. The average molecular weight is 171 g/mol. The summed E-state index contributed by atoms with van der Waals surface area (Å²) in [6, 6.07) is 3.19. The fraction of sp³-hybridized carbons (Fsp3) is 0.444. The van der Waals surface area contributed by atoms with Crippen molar-refractivity contribution < 1.29 is 8.78 Å². The molecule has 0 N–H and O–H groups in total. The van der Waals surface area contributed by atoms with Gasteiger partial charge in [-0.05, 0) is 24.1 Å². The van der Waals surface area contributed by atoms with E-state index in [2.05, 4.69) is 4.98 Å². The number of halogens is 2. The van der Waals surface area contributed by atoms with Gasteiger partial charge in [-0.2, -0.15) is 8.78 Å². The summed E-state index contributed by atoms with van der Waals surface area (Å²) >= 11 is 0. The molecule has 0 unspecified atom stereocenters. The summed E-state index contributed by atoms with van der Waals surface area (Å²) in [7, 11) is 0. The second-order valence-corrected chi connectivity index (χ2v) is 2.79. The molecular weight excluding hydrogens is 160 g/mol. The SMILES string of the molecule is CCc1ccnc(C(C)(F)F)c1. The van der Waals surface area contributed by atoms with E-state index in [1.165, 1.54) is 12.3 Å². The summed E-state index contributed by atoms with van der Waals surface area (Å²) in [5.41, 5.74) is 0.739. The minimum Gasteiger partial charge on any atom is -0.255 e. The van der Waals surface area contributed by atoms with E-state index in [-0.39, 0.29) is 5.69 Å². The van der Waals surface area contributed by atoms with Gasteiger partial charge in [0, 0.05) is 13.1 Å². The van der Waals surface area contributed by atoms with E-state index < -0.39 is 5.92 Å². The molecule has 1 aromatic rings. The number of pyridine rings is 1. The van der Waals surface area contributed by atoms with Gasteiger partial charge in [0.25, 0.3) is 5.92 Å². The third-order valence-electron chi connectivity index (χ3n) is 1.68. The van der Waals surface area contributed by atoms with E-state index in [1.807, 2.05) is 6.92 Å². The number of hydrogen-bond donors (Lipinski definition) is 0. The van der Waals surface area contributed by atoms with Crippen LogP contribution >= 0.6 is 0 Å². The molecule has 0 amide bonds. The quantitative estimate of drug-likeness (QED) is 0.666. The Labute approximate surface area is 70.4 Å². The molecule has 1 heterocycles. The topological polar surface area (TPSA) is 12.9 Å². The fourth-order valence-corrected chi connectivity index (χ4v) is 0.934. The highest BCUT2D eigenvalue weighted by Gasteiger charge is 2.25. The van der Waals surface area contributed by atoms with Crippen LogP contribution in [-0.2, 0) is 12.3 Å². The Kier molecular flexibility index (Phi) is 2.40. The van der Waals surface area contributed by atoms with E-state index in [4.69, 9.17) is 0 Å². The van der Waals surface area contributed by atoms with Crippen LogP contribution in [-0.4, -0.2) is 4.98 Å². The Morgan fingerprint density at radius 3 is 2.67 bits per heavy atom. The van der Waals surface area contributed by atoms with E-state index in [9.17, 15) is 8.78 Å². The lowest BCUT2D eigenvalue weighted by molar-refractivity contribution is 0.0127. The van der Waals surface area contributed by atoms with Crippen LogP contribution < -0.4 is 0 Å². The molecule has 66 valence electrons. The number of hydrogen-bond acceptors (Lipinski definition) is 1. The smallest absolute Gasteiger partial charge is 0.255 e. The average Bonchev–Trinajstić information content (AvgIpc) is 2.03.